The van der Waals surface area contributed by atoms with Crippen LogP contribution in [0.2, 0.25) is 0 Å². The van der Waals surface area contributed by atoms with Crippen molar-refractivity contribution < 1.29 is 18.0 Å². The van der Waals surface area contributed by atoms with E-state index in [4.69, 9.17) is 0 Å². The number of carbonyl (C=O) groups excluding carboxylic acids is 1. The molecule has 1 saturated carbocycles. The van der Waals surface area contributed by atoms with Crippen molar-refractivity contribution in [2.45, 2.75) is 50.9 Å². The first-order valence-electron chi connectivity index (χ1n) is 9.87. The summed E-state index contributed by atoms with van der Waals surface area (Å²) in [5.74, 6) is 1.64. The number of aryl methyl sites for hydroxylation is 1. The first-order valence-corrected chi connectivity index (χ1v) is 9.87. The number of alkyl halides is 3. The normalized spacial score (nSPS) is 23.2. The summed E-state index contributed by atoms with van der Waals surface area (Å²) in [6, 6.07) is 5.15. The van der Waals surface area contributed by atoms with Crippen LogP contribution in [0.4, 0.5) is 13.2 Å². The average Bonchev–Trinajstić information content (AvgIpc) is 3.43. The van der Waals surface area contributed by atoms with E-state index < -0.39 is 11.7 Å². The van der Waals surface area contributed by atoms with Gasteiger partial charge in [0.2, 0.25) is 5.91 Å². The highest BCUT2D eigenvalue weighted by molar-refractivity contribution is 5.81. The van der Waals surface area contributed by atoms with Gasteiger partial charge in [0.05, 0.1) is 11.6 Å². The van der Waals surface area contributed by atoms with Crippen LogP contribution in [0.25, 0.3) is 0 Å². The lowest BCUT2D eigenvalue weighted by Gasteiger charge is -2.38. The van der Waals surface area contributed by atoms with Gasteiger partial charge < -0.3 is 5.32 Å². The molecule has 1 aliphatic carbocycles. The Morgan fingerprint density at radius 2 is 1.97 bits per heavy atom. The number of nitrogens with zero attached hydrogens (tertiary/aromatic N) is 3. The maximum absolute atomic E-state index is 12.8. The van der Waals surface area contributed by atoms with Gasteiger partial charge in [-0.25, -0.2) is 4.98 Å². The number of rotatable bonds is 5. The number of carbonyl (C=O) groups is 1. The zero-order chi connectivity index (χ0) is 20.6. The van der Waals surface area contributed by atoms with E-state index in [9.17, 15) is 18.0 Å². The number of H-pyrrole nitrogens is 1. The third-order valence-corrected chi connectivity index (χ3v) is 5.61. The molecule has 1 aromatic carbocycles. The highest BCUT2D eigenvalue weighted by atomic mass is 19.4. The number of likely N-dealkylation sites (tertiary alicyclic amines) is 1. The number of nitrogens with one attached hydrogen (secondary N) is 2. The topological polar surface area (TPSA) is 73.9 Å². The molecule has 2 atom stereocenters. The number of benzene rings is 1. The molecule has 0 spiro atoms. The predicted molar refractivity (Wildman–Crippen MR) is 99.9 cm³/mol. The van der Waals surface area contributed by atoms with Crippen molar-refractivity contribution in [1.82, 2.24) is 25.4 Å². The lowest BCUT2D eigenvalue weighted by atomic mass is 9.90. The van der Waals surface area contributed by atoms with E-state index in [0.717, 1.165) is 49.3 Å². The molecule has 2 aliphatic rings. The third-order valence-electron chi connectivity index (χ3n) is 5.61. The molecular formula is C20H24F3N5O. The third kappa shape index (κ3) is 4.77. The quantitative estimate of drug-likeness (QED) is 0.799. The van der Waals surface area contributed by atoms with Crippen molar-refractivity contribution in [3.05, 3.63) is 47.0 Å². The Balaban J connectivity index is 1.45. The summed E-state index contributed by atoms with van der Waals surface area (Å²) in [6.45, 7) is 3.74. The summed E-state index contributed by atoms with van der Waals surface area (Å²) < 4.78 is 38.3. The zero-order valence-corrected chi connectivity index (χ0v) is 16.2. The summed E-state index contributed by atoms with van der Waals surface area (Å²) in [7, 11) is 0. The average molecular weight is 407 g/mol. The maximum atomic E-state index is 12.8. The minimum Gasteiger partial charge on any atom is -0.351 e. The molecule has 0 bridgehead atoms. The molecule has 1 amide bonds. The number of aromatic amines is 1. The lowest BCUT2D eigenvalue weighted by Crippen LogP contribution is -2.52. The summed E-state index contributed by atoms with van der Waals surface area (Å²) in [4.78, 5) is 19.0. The smallest absolute Gasteiger partial charge is 0.351 e. The lowest BCUT2D eigenvalue weighted by molar-refractivity contribution is -0.137. The van der Waals surface area contributed by atoms with Crippen molar-refractivity contribution in [3.63, 3.8) is 0 Å². The highest BCUT2D eigenvalue weighted by Crippen LogP contribution is 2.32. The molecule has 156 valence electrons. The number of halogens is 3. The number of aromatic nitrogens is 3. The summed E-state index contributed by atoms with van der Waals surface area (Å²) in [5, 5.41) is 10.3. The monoisotopic (exact) mass is 407 g/mol. The first-order chi connectivity index (χ1) is 13.8. The minimum atomic E-state index is -4.33. The van der Waals surface area contributed by atoms with Gasteiger partial charge >= 0.3 is 6.18 Å². The molecule has 29 heavy (non-hydrogen) atoms. The molecule has 1 aromatic heterocycles. The Morgan fingerprint density at radius 1 is 1.24 bits per heavy atom. The second-order valence-corrected chi connectivity index (χ2v) is 7.99. The second kappa shape index (κ2) is 7.78. The van der Waals surface area contributed by atoms with E-state index in [-0.39, 0.29) is 23.8 Å². The van der Waals surface area contributed by atoms with Gasteiger partial charge in [-0.05, 0) is 50.4 Å². The van der Waals surface area contributed by atoms with Gasteiger partial charge in [0.25, 0.3) is 0 Å². The maximum Gasteiger partial charge on any atom is 0.416 e. The largest absolute Gasteiger partial charge is 0.416 e. The van der Waals surface area contributed by atoms with E-state index in [1.165, 1.54) is 12.1 Å². The Bertz CT molecular complexity index is 860. The summed E-state index contributed by atoms with van der Waals surface area (Å²) in [5.41, 5.74) is 0.173. The van der Waals surface area contributed by atoms with Crippen LogP contribution in [-0.2, 0) is 17.5 Å². The number of hydrogen-bond donors (Lipinski definition) is 2. The highest BCUT2D eigenvalue weighted by Gasteiger charge is 2.37. The number of hydrogen-bond acceptors (Lipinski definition) is 4. The van der Waals surface area contributed by atoms with Crippen LogP contribution in [0, 0.1) is 12.8 Å². The van der Waals surface area contributed by atoms with E-state index in [1.807, 2.05) is 6.92 Å². The zero-order valence-electron chi connectivity index (χ0n) is 16.2. The van der Waals surface area contributed by atoms with Crippen molar-refractivity contribution in [1.29, 1.82) is 0 Å². The van der Waals surface area contributed by atoms with E-state index in [2.05, 4.69) is 25.4 Å². The Morgan fingerprint density at radius 3 is 2.55 bits per heavy atom. The molecule has 6 nitrogen and oxygen atoms in total. The molecule has 1 aliphatic heterocycles. The molecule has 2 aromatic rings. The Labute approximate surface area is 166 Å². The number of amides is 1. The van der Waals surface area contributed by atoms with Crippen molar-refractivity contribution >= 4 is 5.91 Å². The van der Waals surface area contributed by atoms with Crippen LogP contribution in [-0.4, -0.2) is 45.1 Å². The van der Waals surface area contributed by atoms with Crippen LogP contribution in [0.15, 0.2) is 24.3 Å². The fourth-order valence-corrected chi connectivity index (χ4v) is 3.85. The molecule has 0 radical (unpaired) electrons. The van der Waals surface area contributed by atoms with E-state index in [1.54, 1.807) is 0 Å². The van der Waals surface area contributed by atoms with Crippen LogP contribution >= 0.6 is 0 Å². The molecule has 2 fully saturated rings. The second-order valence-electron chi connectivity index (χ2n) is 7.99. The van der Waals surface area contributed by atoms with E-state index >= 15 is 0 Å². The first kappa shape index (κ1) is 19.9. The van der Waals surface area contributed by atoms with Gasteiger partial charge in [-0.3, -0.25) is 14.8 Å². The van der Waals surface area contributed by atoms with Gasteiger partial charge in [-0.1, -0.05) is 12.1 Å². The van der Waals surface area contributed by atoms with Gasteiger partial charge in [0, 0.05) is 24.9 Å². The molecule has 9 heteroatoms. The molecule has 2 N–H and O–H groups in total. The summed E-state index contributed by atoms with van der Waals surface area (Å²) >= 11 is 0. The molecule has 2 heterocycles. The van der Waals surface area contributed by atoms with Gasteiger partial charge in [0.15, 0.2) is 5.82 Å². The molecular weight excluding hydrogens is 383 g/mol. The summed E-state index contributed by atoms with van der Waals surface area (Å²) in [6.07, 6.45) is -1.70. The van der Waals surface area contributed by atoms with Gasteiger partial charge in [0.1, 0.15) is 5.82 Å². The SMILES string of the molecule is Cc1nc([C@H]2CCN(Cc3ccc(C(F)(F)F)cc3)C[C@H]2NC(=O)C2CC2)n[nH]1. The molecule has 0 unspecified atom stereocenters. The van der Waals surface area contributed by atoms with Crippen molar-refractivity contribution in [3.8, 4) is 0 Å². The Hall–Kier alpha value is -2.42. The minimum absolute atomic E-state index is 0.0199. The fraction of sp³-hybridized carbons (Fsp3) is 0.550. The van der Waals surface area contributed by atoms with Crippen molar-refractivity contribution in [2.24, 2.45) is 5.92 Å². The Kier molecular flexibility index (Phi) is 5.33. The fourth-order valence-electron chi connectivity index (χ4n) is 3.85. The molecule has 1 saturated heterocycles. The number of piperidine rings is 1. The molecule has 4 rings (SSSR count). The van der Waals surface area contributed by atoms with Crippen LogP contribution in [0.1, 0.15) is 48.0 Å². The van der Waals surface area contributed by atoms with Crippen LogP contribution < -0.4 is 5.32 Å². The van der Waals surface area contributed by atoms with Gasteiger partial charge in [-0.15, -0.1) is 0 Å². The van der Waals surface area contributed by atoms with Crippen LogP contribution in [0.5, 0.6) is 0 Å². The standard InChI is InChI=1S/C20H24F3N5O/c1-12-24-18(27-26-12)16-8-9-28(11-17(16)25-19(29)14-4-5-14)10-13-2-6-15(7-3-13)20(21,22)23/h2-3,6-7,14,16-17H,4-5,8-11H2,1H3,(H,25,29)(H,24,26,27)/t16-,17+/m0/s1. The van der Waals surface area contributed by atoms with E-state index in [0.29, 0.717) is 18.9 Å². The van der Waals surface area contributed by atoms with Crippen LogP contribution in [0.3, 0.4) is 0 Å². The predicted octanol–water partition coefficient (Wildman–Crippen LogP) is 3.02. The van der Waals surface area contributed by atoms with Crippen molar-refractivity contribution in [2.75, 3.05) is 13.1 Å². The van der Waals surface area contributed by atoms with Gasteiger partial charge in [-0.2, -0.15) is 18.3 Å².